The summed E-state index contributed by atoms with van der Waals surface area (Å²) in [6.07, 6.45) is -4.24. The first kappa shape index (κ1) is 26.9. The van der Waals surface area contributed by atoms with Crippen molar-refractivity contribution in [2.75, 3.05) is 45.8 Å². The topological polar surface area (TPSA) is 77.0 Å². The Bertz CT molecular complexity index is 770. The lowest BCUT2D eigenvalue weighted by Crippen LogP contribution is -2.56. The van der Waals surface area contributed by atoms with Crippen molar-refractivity contribution in [2.24, 2.45) is 4.99 Å². The number of aliphatic imine (C=N–C) groups is 1. The smallest absolute Gasteiger partial charge is 0.357 e. The van der Waals surface area contributed by atoms with Crippen molar-refractivity contribution >= 4 is 40.0 Å². The Hall–Kier alpha value is -1.12. The molecule has 0 aromatic heterocycles. The number of hydrogen-bond donors (Lipinski definition) is 2. The zero-order chi connectivity index (χ0) is 21.5. The van der Waals surface area contributed by atoms with Gasteiger partial charge in [0, 0.05) is 39.3 Å². The van der Waals surface area contributed by atoms with Crippen LogP contribution in [0.2, 0.25) is 0 Å². The summed E-state index contributed by atoms with van der Waals surface area (Å²) in [5.41, 5.74) is 0. The van der Waals surface area contributed by atoms with Crippen molar-refractivity contribution in [2.45, 2.75) is 31.0 Å². The number of alkyl halides is 3. The zero-order valence-electron chi connectivity index (χ0n) is 17.0. The average Bonchev–Trinajstić information content (AvgIpc) is 2.70. The molecule has 0 spiro atoms. The van der Waals surface area contributed by atoms with Crippen LogP contribution in [0.5, 0.6) is 0 Å². The zero-order valence-corrected chi connectivity index (χ0v) is 20.2. The van der Waals surface area contributed by atoms with Crippen molar-refractivity contribution < 1.29 is 21.6 Å². The predicted octanol–water partition coefficient (Wildman–Crippen LogP) is 2.12. The summed E-state index contributed by atoms with van der Waals surface area (Å²) in [7, 11) is -3.59. The highest BCUT2D eigenvalue weighted by atomic mass is 127. The molecule has 0 aliphatic carbocycles. The normalized spacial score (nSPS) is 17.4. The van der Waals surface area contributed by atoms with Crippen LogP contribution in [0.1, 0.15) is 13.8 Å². The molecular weight excluding hydrogens is 534 g/mol. The van der Waals surface area contributed by atoms with Gasteiger partial charge in [0.25, 0.3) is 0 Å². The van der Waals surface area contributed by atoms with Crippen molar-refractivity contribution in [3.63, 3.8) is 0 Å². The fourth-order valence-electron chi connectivity index (χ4n) is 2.98. The summed E-state index contributed by atoms with van der Waals surface area (Å²) in [6, 6.07) is 6.58. The standard InChI is InChI=1S/C18H28F3N5O2S.HI/c1-3-22-17(26-13-11-25(12-14-26)15(2)18(19,20)21)23-9-10-24-29(27,28)16-7-5-4-6-8-16;/h4-8,15,24H,3,9-14H2,1-2H3,(H,22,23);1H. The minimum absolute atomic E-state index is 0. The molecule has 0 radical (unpaired) electrons. The molecule has 2 N–H and O–H groups in total. The van der Waals surface area contributed by atoms with E-state index in [4.69, 9.17) is 0 Å². The van der Waals surface area contributed by atoms with Crippen LogP contribution in [-0.4, -0.2) is 82.2 Å². The lowest BCUT2D eigenvalue weighted by atomic mass is 10.2. The molecule has 1 aromatic rings. The van der Waals surface area contributed by atoms with Crippen LogP contribution in [-0.2, 0) is 10.0 Å². The molecular formula is C18H29F3IN5O2S. The molecule has 1 unspecified atom stereocenters. The molecule has 0 amide bonds. The minimum atomic E-state index is -4.24. The molecule has 2 rings (SSSR count). The van der Waals surface area contributed by atoms with Crippen LogP contribution in [0.4, 0.5) is 13.2 Å². The Morgan fingerprint density at radius 2 is 1.77 bits per heavy atom. The first-order valence-electron chi connectivity index (χ1n) is 9.54. The van der Waals surface area contributed by atoms with Gasteiger partial charge in [0.05, 0.1) is 11.4 Å². The molecule has 1 atom stereocenters. The van der Waals surface area contributed by atoms with Gasteiger partial charge in [-0.1, -0.05) is 18.2 Å². The predicted molar refractivity (Wildman–Crippen MR) is 122 cm³/mol. The fourth-order valence-corrected chi connectivity index (χ4v) is 4.02. The van der Waals surface area contributed by atoms with Crippen LogP contribution >= 0.6 is 24.0 Å². The molecule has 172 valence electrons. The third-order valence-corrected chi connectivity index (χ3v) is 6.17. The highest BCUT2D eigenvalue weighted by Crippen LogP contribution is 2.25. The SMILES string of the molecule is CCNC(=NCCNS(=O)(=O)c1ccccc1)N1CCN(C(C)C(F)(F)F)CC1.I. The molecule has 1 aliphatic heterocycles. The number of benzene rings is 1. The third kappa shape index (κ3) is 7.85. The number of guanidine groups is 1. The maximum Gasteiger partial charge on any atom is 0.403 e. The Balaban J connectivity index is 0.00000450. The first-order chi connectivity index (χ1) is 13.6. The minimum Gasteiger partial charge on any atom is -0.357 e. The van der Waals surface area contributed by atoms with E-state index in [1.54, 1.807) is 18.2 Å². The van der Waals surface area contributed by atoms with Crippen LogP contribution in [0.3, 0.4) is 0 Å². The van der Waals surface area contributed by atoms with Gasteiger partial charge in [-0.2, -0.15) is 13.2 Å². The summed E-state index contributed by atoms with van der Waals surface area (Å²) in [4.78, 5) is 7.91. The van der Waals surface area contributed by atoms with E-state index in [2.05, 4.69) is 15.0 Å². The Labute approximate surface area is 193 Å². The van der Waals surface area contributed by atoms with E-state index < -0.39 is 22.2 Å². The maximum atomic E-state index is 12.9. The number of halogens is 4. The second-order valence-electron chi connectivity index (χ2n) is 6.69. The quantitative estimate of drug-likeness (QED) is 0.230. The van der Waals surface area contributed by atoms with Gasteiger partial charge < -0.3 is 10.2 Å². The molecule has 1 heterocycles. The van der Waals surface area contributed by atoms with Crippen molar-refractivity contribution in [1.82, 2.24) is 19.8 Å². The van der Waals surface area contributed by atoms with E-state index in [1.807, 2.05) is 11.8 Å². The molecule has 1 aliphatic rings. The van der Waals surface area contributed by atoms with E-state index in [0.717, 1.165) is 0 Å². The summed E-state index contributed by atoms with van der Waals surface area (Å²) in [5, 5.41) is 3.11. The summed E-state index contributed by atoms with van der Waals surface area (Å²) in [6.45, 7) is 5.42. The Morgan fingerprint density at radius 1 is 1.17 bits per heavy atom. The lowest BCUT2D eigenvalue weighted by Gasteiger charge is -2.39. The molecule has 12 heteroatoms. The highest BCUT2D eigenvalue weighted by molar-refractivity contribution is 14.0. The fraction of sp³-hybridized carbons (Fsp3) is 0.611. The van der Waals surface area contributed by atoms with Gasteiger partial charge >= 0.3 is 6.18 Å². The first-order valence-corrected chi connectivity index (χ1v) is 11.0. The summed E-state index contributed by atoms with van der Waals surface area (Å²) >= 11 is 0. The van der Waals surface area contributed by atoms with Gasteiger partial charge in [0.2, 0.25) is 10.0 Å². The number of nitrogens with one attached hydrogen (secondary N) is 2. The van der Waals surface area contributed by atoms with Crippen LogP contribution in [0.15, 0.2) is 40.2 Å². The molecule has 0 bridgehead atoms. The van der Waals surface area contributed by atoms with Crippen LogP contribution < -0.4 is 10.0 Å². The average molecular weight is 563 g/mol. The lowest BCUT2D eigenvalue weighted by molar-refractivity contribution is -0.181. The molecule has 1 fully saturated rings. The Kier molecular flexibility index (Phi) is 10.8. The maximum absolute atomic E-state index is 12.9. The van der Waals surface area contributed by atoms with Gasteiger partial charge in [0.15, 0.2) is 5.96 Å². The molecule has 1 aromatic carbocycles. The van der Waals surface area contributed by atoms with Crippen molar-refractivity contribution in [1.29, 1.82) is 0 Å². The second-order valence-corrected chi connectivity index (χ2v) is 8.45. The molecule has 30 heavy (non-hydrogen) atoms. The van der Waals surface area contributed by atoms with Crippen LogP contribution in [0.25, 0.3) is 0 Å². The molecule has 1 saturated heterocycles. The van der Waals surface area contributed by atoms with Gasteiger partial charge in [-0.05, 0) is 26.0 Å². The van der Waals surface area contributed by atoms with E-state index >= 15 is 0 Å². The van der Waals surface area contributed by atoms with Gasteiger partial charge in [-0.25, -0.2) is 13.1 Å². The number of hydrogen-bond acceptors (Lipinski definition) is 4. The highest BCUT2D eigenvalue weighted by Gasteiger charge is 2.41. The van der Waals surface area contributed by atoms with E-state index in [-0.39, 0.29) is 55.1 Å². The number of rotatable bonds is 7. The second kappa shape index (κ2) is 12.1. The number of sulfonamides is 1. The van der Waals surface area contributed by atoms with Crippen LogP contribution in [0, 0.1) is 0 Å². The Morgan fingerprint density at radius 3 is 2.30 bits per heavy atom. The molecule has 7 nitrogen and oxygen atoms in total. The van der Waals surface area contributed by atoms with E-state index in [1.165, 1.54) is 24.0 Å². The van der Waals surface area contributed by atoms with Crippen molar-refractivity contribution in [3.05, 3.63) is 30.3 Å². The largest absolute Gasteiger partial charge is 0.403 e. The third-order valence-electron chi connectivity index (χ3n) is 4.69. The van der Waals surface area contributed by atoms with E-state index in [0.29, 0.717) is 25.6 Å². The number of nitrogens with zero attached hydrogens (tertiary/aromatic N) is 3. The summed E-state index contributed by atoms with van der Waals surface area (Å²) < 4.78 is 65.6. The van der Waals surface area contributed by atoms with E-state index in [9.17, 15) is 21.6 Å². The van der Waals surface area contributed by atoms with Gasteiger partial charge in [-0.3, -0.25) is 9.89 Å². The number of piperazine rings is 1. The monoisotopic (exact) mass is 563 g/mol. The van der Waals surface area contributed by atoms with Gasteiger partial charge in [-0.15, -0.1) is 24.0 Å². The summed E-state index contributed by atoms with van der Waals surface area (Å²) in [5.74, 6) is 0.575. The molecule has 0 saturated carbocycles. The van der Waals surface area contributed by atoms with Crippen molar-refractivity contribution in [3.8, 4) is 0 Å². The van der Waals surface area contributed by atoms with Gasteiger partial charge in [0.1, 0.15) is 6.04 Å².